The molecule has 2 rings (SSSR count). The van der Waals surface area contributed by atoms with Gasteiger partial charge in [0.2, 0.25) is 0 Å². The zero-order valence-corrected chi connectivity index (χ0v) is 8.09. The maximum absolute atomic E-state index is 4.40. The van der Waals surface area contributed by atoms with Crippen molar-refractivity contribution in [3.63, 3.8) is 0 Å². The Labute approximate surface area is 82.6 Å². The quantitative estimate of drug-likeness (QED) is 0.735. The third-order valence-corrected chi connectivity index (χ3v) is 1.95. The van der Waals surface area contributed by atoms with Crippen LogP contribution in [-0.2, 0) is 6.42 Å². The van der Waals surface area contributed by atoms with Gasteiger partial charge in [0.05, 0.1) is 5.69 Å². The standard InChI is InChI=1S/C10H12N4/c1-2-3-9-5-7-14(13-9)10-4-6-11-8-12-10/h4-8H,2-3H2,1H3. The molecule has 0 amide bonds. The first-order chi connectivity index (χ1) is 6.90. The molecule has 0 aliphatic carbocycles. The fourth-order valence-corrected chi connectivity index (χ4v) is 1.30. The van der Waals surface area contributed by atoms with E-state index < -0.39 is 0 Å². The fourth-order valence-electron chi connectivity index (χ4n) is 1.30. The van der Waals surface area contributed by atoms with Crippen molar-refractivity contribution in [2.75, 3.05) is 0 Å². The molecule has 0 radical (unpaired) electrons. The molecule has 2 heterocycles. The monoisotopic (exact) mass is 188 g/mol. The Balaban J connectivity index is 2.25. The summed E-state index contributed by atoms with van der Waals surface area (Å²) in [7, 11) is 0. The van der Waals surface area contributed by atoms with Crippen LogP contribution in [-0.4, -0.2) is 19.7 Å². The second kappa shape index (κ2) is 4.00. The first-order valence-electron chi connectivity index (χ1n) is 4.71. The van der Waals surface area contributed by atoms with Crippen molar-refractivity contribution in [3.05, 3.63) is 36.5 Å². The lowest BCUT2D eigenvalue weighted by Gasteiger charge is -1.97. The van der Waals surface area contributed by atoms with Crippen LogP contribution in [0.4, 0.5) is 0 Å². The van der Waals surface area contributed by atoms with Crippen LogP contribution in [0.5, 0.6) is 0 Å². The van der Waals surface area contributed by atoms with Gasteiger partial charge in [-0.2, -0.15) is 5.10 Å². The molecule has 4 heteroatoms. The van der Waals surface area contributed by atoms with Crippen LogP contribution in [0, 0.1) is 0 Å². The van der Waals surface area contributed by atoms with E-state index in [-0.39, 0.29) is 0 Å². The third-order valence-electron chi connectivity index (χ3n) is 1.95. The molecule has 0 unspecified atom stereocenters. The highest BCUT2D eigenvalue weighted by Crippen LogP contribution is 2.04. The highest BCUT2D eigenvalue weighted by molar-refractivity contribution is 5.18. The van der Waals surface area contributed by atoms with Crippen LogP contribution in [0.1, 0.15) is 19.0 Å². The average molecular weight is 188 g/mol. The Kier molecular flexibility index (Phi) is 2.53. The summed E-state index contributed by atoms with van der Waals surface area (Å²) in [6, 6.07) is 3.86. The highest BCUT2D eigenvalue weighted by Gasteiger charge is 2.00. The van der Waals surface area contributed by atoms with Crippen molar-refractivity contribution in [3.8, 4) is 5.82 Å². The SMILES string of the molecule is CCCc1ccn(-c2ccncn2)n1. The van der Waals surface area contributed by atoms with Crippen LogP contribution in [0.15, 0.2) is 30.9 Å². The van der Waals surface area contributed by atoms with Gasteiger partial charge in [0.25, 0.3) is 0 Å². The van der Waals surface area contributed by atoms with Gasteiger partial charge in [-0.15, -0.1) is 0 Å². The van der Waals surface area contributed by atoms with Crippen LogP contribution >= 0.6 is 0 Å². The Morgan fingerprint density at radius 2 is 2.29 bits per heavy atom. The lowest BCUT2D eigenvalue weighted by Crippen LogP contribution is -1.98. The van der Waals surface area contributed by atoms with Crippen molar-refractivity contribution in [2.45, 2.75) is 19.8 Å². The van der Waals surface area contributed by atoms with Gasteiger partial charge in [0, 0.05) is 18.5 Å². The summed E-state index contributed by atoms with van der Waals surface area (Å²) in [5.41, 5.74) is 1.10. The first-order valence-corrected chi connectivity index (χ1v) is 4.71. The number of aryl methyl sites for hydroxylation is 1. The summed E-state index contributed by atoms with van der Waals surface area (Å²) < 4.78 is 1.77. The summed E-state index contributed by atoms with van der Waals surface area (Å²) in [4.78, 5) is 7.97. The predicted octanol–water partition coefficient (Wildman–Crippen LogP) is 1.61. The van der Waals surface area contributed by atoms with E-state index in [1.807, 2.05) is 18.3 Å². The number of aromatic nitrogens is 4. The largest absolute Gasteiger partial charge is 0.245 e. The second-order valence-electron chi connectivity index (χ2n) is 3.07. The fraction of sp³-hybridized carbons (Fsp3) is 0.300. The van der Waals surface area contributed by atoms with E-state index in [4.69, 9.17) is 0 Å². The Bertz CT molecular complexity index is 394. The van der Waals surface area contributed by atoms with Crippen LogP contribution in [0.25, 0.3) is 5.82 Å². The number of nitrogens with zero attached hydrogens (tertiary/aromatic N) is 4. The first kappa shape index (κ1) is 8.87. The van der Waals surface area contributed by atoms with E-state index in [2.05, 4.69) is 22.0 Å². The van der Waals surface area contributed by atoms with Gasteiger partial charge in [0.15, 0.2) is 5.82 Å². The number of hydrogen-bond donors (Lipinski definition) is 0. The molecule has 2 aromatic rings. The molecule has 0 saturated heterocycles. The number of hydrogen-bond acceptors (Lipinski definition) is 3. The minimum absolute atomic E-state index is 0.808. The smallest absolute Gasteiger partial charge is 0.156 e. The van der Waals surface area contributed by atoms with Crippen molar-refractivity contribution in [1.29, 1.82) is 0 Å². The van der Waals surface area contributed by atoms with Gasteiger partial charge in [0.1, 0.15) is 6.33 Å². The zero-order valence-electron chi connectivity index (χ0n) is 8.09. The van der Waals surface area contributed by atoms with Gasteiger partial charge >= 0.3 is 0 Å². The summed E-state index contributed by atoms with van der Waals surface area (Å²) in [5.74, 6) is 0.808. The molecular formula is C10H12N4. The zero-order chi connectivity index (χ0) is 9.80. The molecule has 0 spiro atoms. The normalized spacial score (nSPS) is 10.4. The summed E-state index contributed by atoms with van der Waals surface area (Å²) in [6.45, 7) is 2.14. The number of rotatable bonds is 3. The maximum atomic E-state index is 4.40. The second-order valence-corrected chi connectivity index (χ2v) is 3.07. The van der Waals surface area contributed by atoms with Crippen molar-refractivity contribution < 1.29 is 0 Å². The summed E-state index contributed by atoms with van der Waals surface area (Å²) in [5, 5.41) is 4.40. The third kappa shape index (κ3) is 1.79. The Morgan fingerprint density at radius 1 is 1.36 bits per heavy atom. The minimum Gasteiger partial charge on any atom is -0.245 e. The molecule has 0 saturated carbocycles. The van der Waals surface area contributed by atoms with Crippen molar-refractivity contribution in [2.24, 2.45) is 0 Å². The lowest BCUT2D eigenvalue weighted by molar-refractivity contribution is 0.787. The van der Waals surface area contributed by atoms with Crippen molar-refractivity contribution in [1.82, 2.24) is 19.7 Å². The van der Waals surface area contributed by atoms with Gasteiger partial charge in [-0.25, -0.2) is 14.6 Å². The van der Waals surface area contributed by atoms with Gasteiger partial charge in [-0.1, -0.05) is 13.3 Å². The molecule has 4 nitrogen and oxygen atoms in total. The Morgan fingerprint density at radius 3 is 3.00 bits per heavy atom. The molecule has 2 aromatic heterocycles. The van der Waals surface area contributed by atoms with Crippen LogP contribution in [0.2, 0.25) is 0 Å². The van der Waals surface area contributed by atoms with E-state index >= 15 is 0 Å². The minimum atomic E-state index is 0.808. The average Bonchev–Trinajstić information content (AvgIpc) is 2.68. The topological polar surface area (TPSA) is 43.6 Å². The van der Waals surface area contributed by atoms with Gasteiger partial charge in [-0.05, 0) is 12.5 Å². The highest BCUT2D eigenvalue weighted by atomic mass is 15.3. The van der Waals surface area contributed by atoms with Gasteiger partial charge < -0.3 is 0 Å². The molecule has 0 aliphatic rings. The van der Waals surface area contributed by atoms with Crippen LogP contribution in [0.3, 0.4) is 0 Å². The van der Waals surface area contributed by atoms with Gasteiger partial charge in [-0.3, -0.25) is 0 Å². The lowest BCUT2D eigenvalue weighted by atomic mass is 10.3. The molecule has 72 valence electrons. The maximum Gasteiger partial charge on any atom is 0.156 e. The van der Waals surface area contributed by atoms with E-state index in [1.165, 1.54) is 6.33 Å². The molecule has 0 fully saturated rings. The van der Waals surface area contributed by atoms with Crippen LogP contribution < -0.4 is 0 Å². The molecular weight excluding hydrogens is 176 g/mol. The Hall–Kier alpha value is -1.71. The van der Waals surface area contributed by atoms with E-state index in [0.29, 0.717) is 0 Å². The molecule has 0 bridgehead atoms. The molecule has 0 N–H and O–H groups in total. The van der Waals surface area contributed by atoms with E-state index in [9.17, 15) is 0 Å². The summed E-state index contributed by atoms with van der Waals surface area (Å²) >= 11 is 0. The van der Waals surface area contributed by atoms with E-state index in [1.54, 1.807) is 10.9 Å². The molecule has 14 heavy (non-hydrogen) atoms. The molecule has 0 aromatic carbocycles. The molecule has 0 atom stereocenters. The van der Waals surface area contributed by atoms with Crippen molar-refractivity contribution >= 4 is 0 Å². The summed E-state index contributed by atoms with van der Waals surface area (Å²) in [6.07, 6.45) is 7.28. The predicted molar refractivity (Wildman–Crippen MR) is 53.1 cm³/mol. The van der Waals surface area contributed by atoms with E-state index in [0.717, 1.165) is 24.4 Å². The molecule has 0 aliphatic heterocycles.